The standard InChI is InChI=1S/C10H9F3N4O/c11-10(12,13)18-8-1-2-9(15-6-8)14-5-7-3-4-16-17-7/h1-4,6H,5H2,(H,14,15)(H,16,17). The van der Waals surface area contributed by atoms with Gasteiger partial charge in [-0.05, 0) is 18.2 Å². The maximum Gasteiger partial charge on any atom is 0.573 e. The lowest BCUT2D eigenvalue weighted by Gasteiger charge is -2.09. The van der Waals surface area contributed by atoms with Gasteiger partial charge in [-0.15, -0.1) is 13.2 Å². The topological polar surface area (TPSA) is 62.8 Å². The molecule has 0 saturated heterocycles. The van der Waals surface area contributed by atoms with E-state index in [1.807, 2.05) is 0 Å². The molecule has 0 fully saturated rings. The van der Waals surface area contributed by atoms with Crippen molar-refractivity contribution < 1.29 is 17.9 Å². The molecule has 0 radical (unpaired) electrons. The summed E-state index contributed by atoms with van der Waals surface area (Å²) >= 11 is 0. The van der Waals surface area contributed by atoms with Crippen LogP contribution >= 0.6 is 0 Å². The Morgan fingerprint density at radius 1 is 1.28 bits per heavy atom. The van der Waals surface area contributed by atoms with E-state index in [4.69, 9.17) is 0 Å². The number of anilines is 1. The van der Waals surface area contributed by atoms with E-state index in [0.29, 0.717) is 12.4 Å². The van der Waals surface area contributed by atoms with Crippen molar-refractivity contribution in [1.82, 2.24) is 15.2 Å². The third-order valence-electron chi connectivity index (χ3n) is 1.99. The van der Waals surface area contributed by atoms with Crippen molar-refractivity contribution in [3.8, 4) is 5.75 Å². The highest BCUT2D eigenvalue weighted by Crippen LogP contribution is 2.22. The number of hydrogen-bond donors (Lipinski definition) is 2. The lowest BCUT2D eigenvalue weighted by atomic mass is 10.4. The number of H-pyrrole nitrogens is 1. The number of halogens is 3. The Labute approximate surface area is 100.0 Å². The van der Waals surface area contributed by atoms with Crippen molar-refractivity contribution in [3.63, 3.8) is 0 Å². The van der Waals surface area contributed by atoms with E-state index in [2.05, 4.69) is 25.2 Å². The average molecular weight is 258 g/mol. The van der Waals surface area contributed by atoms with Gasteiger partial charge in [0.15, 0.2) is 0 Å². The highest BCUT2D eigenvalue weighted by Gasteiger charge is 2.31. The van der Waals surface area contributed by atoms with Crippen molar-refractivity contribution in [2.75, 3.05) is 5.32 Å². The summed E-state index contributed by atoms with van der Waals surface area (Å²) in [5.41, 5.74) is 0.840. The van der Waals surface area contributed by atoms with Gasteiger partial charge in [-0.1, -0.05) is 0 Å². The maximum atomic E-state index is 11.9. The summed E-state index contributed by atoms with van der Waals surface area (Å²) in [7, 11) is 0. The van der Waals surface area contributed by atoms with Crippen LogP contribution in [0.2, 0.25) is 0 Å². The monoisotopic (exact) mass is 258 g/mol. The van der Waals surface area contributed by atoms with Crippen LogP contribution in [0, 0.1) is 0 Å². The van der Waals surface area contributed by atoms with Gasteiger partial charge < -0.3 is 10.1 Å². The lowest BCUT2D eigenvalue weighted by molar-refractivity contribution is -0.274. The van der Waals surface area contributed by atoms with Gasteiger partial charge in [0.1, 0.15) is 11.6 Å². The SMILES string of the molecule is FC(F)(F)Oc1ccc(NCc2ccn[nH]2)nc1. The fourth-order valence-electron chi connectivity index (χ4n) is 1.25. The Kier molecular flexibility index (Phi) is 3.35. The summed E-state index contributed by atoms with van der Waals surface area (Å²) in [6, 6.07) is 4.36. The second kappa shape index (κ2) is 4.94. The molecule has 0 saturated carbocycles. The predicted octanol–water partition coefficient (Wildman–Crippen LogP) is 2.32. The summed E-state index contributed by atoms with van der Waals surface area (Å²) in [6.07, 6.45) is -2.10. The van der Waals surface area contributed by atoms with Gasteiger partial charge in [-0.2, -0.15) is 5.10 Å². The van der Waals surface area contributed by atoms with E-state index in [1.165, 1.54) is 12.1 Å². The first kappa shape index (κ1) is 12.2. The van der Waals surface area contributed by atoms with Gasteiger partial charge >= 0.3 is 6.36 Å². The molecule has 8 heteroatoms. The zero-order chi connectivity index (χ0) is 13.0. The zero-order valence-corrected chi connectivity index (χ0v) is 9.03. The Morgan fingerprint density at radius 2 is 2.11 bits per heavy atom. The largest absolute Gasteiger partial charge is 0.573 e. The van der Waals surface area contributed by atoms with Crippen molar-refractivity contribution in [2.45, 2.75) is 12.9 Å². The molecular formula is C10H9F3N4O. The van der Waals surface area contributed by atoms with E-state index in [1.54, 1.807) is 12.3 Å². The fraction of sp³-hybridized carbons (Fsp3) is 0.200. The van der Waals surface area contributed by atoms with Gasteiger partial charge in [0, 0.05) is 6.20 Å². The molecule has 0 aliphatic carbocycles. The molecule has 0 aromatic carbocycles. The molecule has 2 aromatic rings. The second-order valence-electron chi connectivity index (χ2n) is 3.36. The maximum absolute atomic E-state index is 11.9. The highest BCUT2D eigenvalue weighted by atomic mass is 19.4. The first-order valence-electron chi connectivity index (χ1n) is 4.97. The van der Waals surface area contributed by atoms with Gasteiger partial charge in [0.05, 0.1) is 18.4 Å². The molecule has 0 bridgehead atoms. The van der Waals surface area contributed by atoms with Gasteiger partial charge in [0.25, 0.3) is 0 Å². The van der Waals surface area contributed by atoms with Crippen LogP contribution in [0.15, 0.2) is 30.6 Å². The number of nitrogens with zero attached hydrogens (tertiary/aromatic N) is 2. The van der Waals surface area contributed by atoms with E-state index >= 15 is 0 Å². The number of rotatable bonds is 4. The molecule has 0 unspecified atom stereocenters. The molecule has 0 aliphatic rings. The predicted molar refractivity (Wildman–Crippen MR) is 56.8 cm³/mol. The Balaban J connectivity index is 1.91. The minimum Gasteiger partial charge on any atom is -0.404 e. The van der Waals surface area contributed by atoms with E-state index < -0.39 is 6.36 Å². The van der Waals surface area contributed by atoms with Crippen molar-refractivity contribution in [1.29, 1.82) is 0 Å². The van der Waals surface area contributed by atoms with E-state index in [0.717, 1.165) is 11.9 Å². The number of alkyl halides is 3. The van der Waals surface area contributed by atoms with E-state index in [-0.39, 0.29) is 5.75 Å². The lowest BCUT2D eigenvalue weighted by Crippen LogP contribution is -2.17. The van der Waals surface area contributed by atoms with Gasteiger partial charge in [0.2, 0.25) is 0 Å². The van der Waals surface area contributed by atoms with E-state index in [9.17, 15) is 13.2 Å². The number of aromatic amines is 1. The number of ether oxygens (including phenoxy) is 1. The zero-order valence-electron chi connectivity index (χ0n) is 9.03. The molecule has 2 N–H and O–H groups in total. The van der Waals surface area contributed by atoms with Crippen molar-refractivity contribution in [3.05, 3.63) is 36.3 Å². The van der Waals surface area contributed by atoms with Crippen LogP contribution in [0.4, 0.5) is 19.0 Å². The second-order valence-corrected chi connectivity index (χ2v) is 3.36. The molecular weight excluding hydrogens is 249 g/mol. The molecule has 96 valence electrons. The number of pyridine rings is 1. The Bertz CT molecular complexity index is 481. The Hall–Kier alpha value is -2.25. The van der Waals surface area contributed by atoms with Crippen LogP contribution in [0.1, 0.15) is 5.69 Å². The first-order chi connectivity index (χ1) is 8.53. The molecule has 0 aliphatic heterocycles. The van der Waals surface area contributed by atoms with Crippen molar-refractivity contribution in [2.24, 2.45) is 0 Å². The van der Waals surface area contributed by atoms with Crippen LogP contribution < -0.4 is 10.1 Å². The molecule has 18 heavy (non-hydrogen) atoms. The van der Waals surface area contributed by atoms with Crippen LogP contribution in [-0.2, 0) is 6.54 Å². The van der Waals surface area contributed by atoms with Gasteiger partial charge in [-0.25, -0.2) is 4.98 Å². The minimum atomic E-state index is -4.70. The number of nitrogens with one attached hydrogen (secondary N) is 2. The smallest absolute Gasteiger partial charge is 0.404 e. The number of hydrogen-bond acceptors (Lipinski definition) is 4. The summed E-state index contributed by atoms with van der Waals surface area (Å²) in [5, 5.41) is 9.41. The fourth-order valence-corrected chi connectivity index (χ4v) is 1.25. The third-order valence-corrected chi connectivity index (χ3v) is 1.99. The molecule has 2 heterocycles. The normalized spacial score (nSPS) is 11.3. The molecule has 0 atom stereocenters. The molecule has 0 amide bonds. The summed E-state index contributed by atoms with van der Waals surface area (Å²) in [6.45, 7) is 0.451. The van der Waals surface area contributed by atoms with Crippen molar-refractivity contribution >= 4 is 5.82 Å². The summed E-state index contributed by atoms with van der Waals surface area (Å²) in [5.74, 6) is 0.0914. The minimum absolute atomic E-state index is 0.352. The molecule has 0 spiro atoms. The molecule has 5 nitrogen and oxygen atoms in total. The van der Waals surface area contributed by atoms with Crippen LogP contribution in [0.3, 0.4) is 0 Å². The quantitative estimate of drug-likeness (QED) is 0.883. The summed E-state index contributed by atoms with van der Waals surface area (Å²) < 4.78 is 39.4. The number of aromatic nitrogens is 3. The van der Waals surface area contributed by atoms with Crippen LogP contribution in [0.25, 0.3) is 0 Å². The Morgan fingerprint density at radius 3 is 2.67 bits per heavy atom. The first-order valence-corrected chi connectivity index (χ1v) is 4.97. The molecule has 2 aromatic heterocycles. The van der Waals surface area contributed by atoms with Crippen LogP contribution in [0.5, 0.6) is 5.75 Å². The third kappa shape index (κ3) is 3.65. The average Bonchev–Trinajstić information content (AvgIpc) is 2.79. The molecule has 2 rings (SSSR count). The highest BCUT2D eigenvalue weighted by molar-refractivity contribution is 5.37. The van der Waals surface area contributed by atoms with Crippen LogP contribution in [-0.4, -0.2) is 21.5 Å². The van der Waals surface area contributed by atoms with Gasteiger partial charge in [-0.3, -0.25) is 5.10 Å². The summed E-state index contributed by atoms with van der Waals surface area (Å²) in [4.78, 5) is 3.79.